The molecule has 1 heterocycles. The van der Waals surface area contributed by atoms with Crippen LogP contribution in [0, 0.1) is 6.92 Å². The van der Waals surface area contributed by atoms with Crippen molar-refractivity contribution >= 4 is 0 Å². The summed E-state index contributed by atoms with van der Waals surface area (Å²) in [5.41, 5.74) is 2.75. The van der Waals surface area contributed by atoms with E-state index in [1.807, 2.05) is 0 Å². The molecule has 3 rings (SSSR count). The first kappa shape index (κ1) is 13.1. The minimum Gasteiger partial charge on any atom is -0.310 e. The summed E-state index contributed by atoms with van der Waals surface area (Å²) in [5, 5.41) is 3.73. The fourth-order valence-electron chi connectivity index (χ4n) is 3.19. The Morgan fingerprint density at radius 2 is 1.74 bits per heavy atom. The third kappa shape index (κ3) is 3.37. The molecule has 0 aromatic heterocycles. The molecule has 19 heavy (non-hydrogen) atoms. The van der Waals surface area contributed by atoms with Gasteiger partial charge in [-0.2, -0.15) is 0 Å². The van der Waals surface area contributed by atoms with Crippen LogP contribution in [0.3, 0.4) is 0 Å². The smallest absolute Gasteiger partial charge is 0.0208 e. The van der Waals surface area contributed by atoms with E-state index in [1.165, 1.54) is 56.3 Å². The highest BCUT2D eigenvalue weighted by Gasteiger charge is 2.28. The van der Waals surface area contributed by atoms with Crippen LogP contribution in [0.25, 0.3) is 0 Å². The molecular formula is C17H26N2. The van der Waals surface area contributed by atoms with Crippen LogP contribution in [0.4, 0.5) is 0 Å². The highest BCUT2D eigenvalue weighted by atomic mass is 15.2. The second-order valence-corrected chi connectivity index (χ2v) is 6.26. The van der Waals surface area contributed by atoms with Crippen molar-refractivity contribution in [3.8, 4) is 0 Å². The number of nitrogens with zero attached hydrogens (tertiary/aromatic N) is 1. The average molecular weight is 258 g/mol. The number of piperidine rings is 1. The fraction of sp³-hybridized carbons (Fsp3) is 0.647. The van der Waals surface area contributed by atoms with Gasteiger partial charge in [-0.05, 0) is 51.3 Å². The molecular weight excluding hydrogens is 232 g/mol. The predicted octanol–water partition coefficient (Wildman–Crippen LogP) is 3.10. The molecule has 0 atom stereocenters. The molecule has 2 nitrogen and oxygen atoms in total. The van der Waals surface area contributed by atoms with Crippen molar-refractivity contribution in [2.24, 2.45) is 0 Å². The standard InChI is InChI=1S/C17H26N2/c1-14-5-7-15(8-6-14)13-18-16-9-11-19(12-10-16)17-3-2-4-17/h5-8,16-18H,2-4,9-13H2,1H3. The molecule has 1 aromatic rings. The molecule has 0 radical (unpaired) electrons. The van der Waals surface area contributed by atoms with E-state index in [2.05, 4.69) is 41.4 Å². The van der Waals surface area contributed by atoms with Crippen molar-refractivity contribution in [3.05, 3.63) is 35.4 Å². The molecule has 2 aliphatic rings. The Kier molecular flexibility index (Phi) is 4.19. The number of hydrogen-bond donors (Lipinski definition) is 1. The summed E-state index contributed by atoms with van der Waals surface area (Å²) in [6.07, 6.45) is 6.99. The Balaban J connectivity index is 1.41. The summed E-state index contributed by atoms with van der Waals surface area (Å²) in [4.78, 5) is 2.72. The molecule has 0 spiro atoms. The molecule has 2 heteroatoms. The van der Waals surface area contributed by atoms with Crippen molar-refractivity contribution in [1.29, 1.82) is 0 Å². The lowest BCUT2D eigenvalue weighted by Gasteiger charge is -2.42. The third-order valence-electron chi connectivity index (χ3n) is 4.84. The van der Waals surface area contributed by atoms with E-state index < -0.39 is 0 Å². The Labute approximate surface area is 117 Å². The zero-order chi connectivity index (χ0) is 13.1. The van der Waals surface area contributed by atoms with Crippen LogP contribution in [-0.4, -0.2) is 30.1 Å². The predicted molar refractivity (Wildman–Crippen MR) is 80.3 cm³/mol. The average Bonchev–Trinajstić information content (AvgIpc) is 2.38. The van der Waals surface area contributed by atoms with E-state index in [9.17, 15) is 0 Å². The van der Waals surface area contributed by atoms with E-state index in [0.29, 0.717) is 0 Å². The Morgan fingerprint density at radius 1 is 1.05 bits per heavy atom. The van der Waals surface area contributed by atoms with Gasteiger partial charge in [-0.3, -0.25) is 0 Å². The molecule has 1 aliphatic carbocycles. The van der Waals surface area contributed by atoms with Crippen molar-refractivity contribution in [2.45, 2.75) is 57.7 Å². The largest absolute Gasteiger partial charge is 0.310 e. The van der Waals surface area contributed by atoms with Gasteiger partial charge in [0.2, 0.25) is 0 Å². The topological polar surface area (TPSA) is 15.3 Å². The number of rotatable bonds is 4. The van der Waals surface area contributed by atoms with E-state index in [-0.39, 0.29) is 0 Å². The minimum atomic E-state index is 0.720. The lowest BCUT2D eigenvalue weighted by Crippen LogP contribution is -2.48. The molecule has 0 amide bonds. The van der Waals surface area contributed by atoms with Crippen LogP contribution >= 0.6 is 0 Å². The maximum absolute atomic E-state index is 3.73. The number of likely N-dealkylation sites (tertiary alicyclic amines) is 1. The number of hydrogen-bond acceptors (Lipinski definition) is 2. The molecule has 1 saturated heterocycles. The van der Waals surface area contributed by atoms with Crippen LogP contribution in [0.1, 0.15) is 43.2 Å². The van der Waals surface area contributed by atoms with Gasteiger partial charge < -0.3 is 10.2 Å². The SMILES string of the molecule is Cc1ccc(CNC2CCN(C3CCC3)CC2)cc1. The Bertz CT molecular complexity index is 386. The van der Waals surface area contributed by atoms with Gasteiger partial charge in [-0.1, -0.05) is 36.2 Å². The quantitative estimate of drug-likeness (QED) is 0.893. The van der Waals surface area contributed by atoms with Crippen LogP contribution in [0.15, 0.2) is 24.3 Å². The van der Waals surface area contributed by atoms with Crippen LogP contribution in [0.5, 0.6) is 0 Å². The summed E-state index contributed by atoms with van der Waals surface area (Å²) in [6, 6.07) is 10.5. The van der Waals surface area contributed by atoms with Crippen LogP contribution in [0.2, 0.25) is 0 Å². The molecule has 0 unspecified atom stereocenters. The van der Waals surface area contributed by atoms with Crippen LogP contribution in [-0.2, 0) is 6.54 Å². The lowest BCUT2D eigenvalue weighted by molar-refractivity contribution is 0.0922. The van der Waals surface area contributed by atoms with Gasteiger partial charge in [0.15, 0.2) is 0 Å². The van der Waals surface area contributed by atoms with Crippen molar-refractivity contribution in [1.82, 2.24) is 10.2 Å². The highest BCUT2D eigenvalue weighted by Crippen LogP contribution is 2.27. The first-order chi connectivity index (χ1) is 9.31. The summed E-state index contributed by atoms with van der Waals surface area (Å²) >= 11 is 0. The van der Waals surface area contributed by atoms with Crippen LogP contribution < -0.4 is 5.32 Å². The summed E-state index contributed by atoms with van der Waals surface area (Å²) in [7, 11) is 0. The lowest BCUT2D eigenvalue weighted by atomic mass is 9.89. The zero-order valence-electron chi connectivity index (χ0n) is 12.1. The molecule has 104 valence electrons. The van der Waals surface area contributed by atoms with E-state index in [4.69, 9.17) is 0 Å². The van der Waals surface area contributed by atoms with Crippen molar-refractivity contribution in [2.75, 3.05) is 13.1 Å². The highest BCUT2D eigenvalue weighted by molar-refractivity contribution is 5.21. The van der Waals surface area contributed by atoms with Gasteiger partial charge in [0.1, 0.15) is 0 Å². The van der Waals surface area contributed by atoms with E-state index >= 15 is 0 Å². The van der Waals surface area contributed by atoms with Crippen molar-refractivity contribution in [3.63, 3.8) is 0 Å². The monoisotopic (exact) mass is 258 g/mol. The number of aryl methyl sites for hydroxylation is 1. The molecule has 1 aromatic carbocycles. The number of benzene rings is 1. The van der Waals surface area contributed by atoms with Gasteiger partial charge in [-0.25, -0.2) is 0 Å². The molecule has 1 aliphatic heterocycles. The Hall–Kier alpha value is -0.860. The zero-order valence-corrected chi connectivity index (χ0v) is 12.1. The van der Waals surface area contributed by atoms with Crippen molar-refractivity contribution < 1.29 is 0 Å². The fourth-order valence-corrected chi connectivity index (χ4v) is 3.19. The maximum atomic E-state index is 3.73. The second-order valence-electron chi connectivity index (χ2n) is 6.26. The first-order valence-electron chi connectivity index (χ1n) is 7.84. The van der Waals surface area contributed by atoms with Gasteiger partial charge in [-0.15, -0.1) is 0 Å². The summed E-state index contributed by atoms with van der Waals surface area (Å²) in [5.74, 6) is 0. The summed E-state index contributed by atoms with van der Waals surface area (Å²) in [6.45, 7) is 5.77. The molecule has 2 fully saturated rings. The normalized spacial score (nSPS) is 22.4. The Morgan fingerprint density at radius 3 is 2.32 bits per heavy atom. The molecule has 0 bridgehead atoms. The second kappa shape index (κ2) is 6.06. The van der Waals surface area contributed by atoms with Gasteiger partial charge in [0, 0.05) is 18.6 Å². The van der Waals surface area contributed by atoms with Gasteiger partial charge >= 0.3 is 0 Å². The van der Waals surface area contributed by atoms with E-state index in [1.54, 1.807) is 0 Å². The third-order valence-corrected chi connectivity index (χ3v) is 4.84. The van der Waals surface area contributed by atoms with E-state index in [0.717, 1.165) is 18.6 Å². The number of nitrogens with one attached hydrogen (secondary N) is 1. The first-order valence-corrected chi connectivity index (χ1v) is 7.84. The molecule has 1 saturated carbocycles. The minimum absolute atomic E-state index is 0.720. The maximum Gasteiger partial charge on any atom is 0.0208 e. The van der Waals surface area contributed by atoms with Gasteiger partial charge in [0.25, 0.3) is 0 Å². The summed E-state index contributed by atoms with van der Waals surface area (Å²) < 4.78 is 0. The molecule has 1 N–H and O–H groups in total. The van der Waals surface area contributed by atoms with Gasteiger partial charge in [0.05, 0.1) is 0 Å².